The van der Waals surface area contributed by atoms with Crippen molar-refractivity contribution in [2.75, 3.05) is 61.5 Å². The second-order valence-corrected chi connectivity index (χ2v) is 6.84. The van der Waals surface area contributed by atoms with Gasteiger partial charge in [0.1, 0.15) is 5.75 Å². The second kappa shape index (κ2) is 8.20. The summed E-state index contributed by atoms with van der Waals surface area (Å²) in [4.78, 5) is 20.4. The Kier molecular flexibility index (Phi) is 5.32. The van der Waals surface area contributed by atoms with Crippen LogP contribution in [0, 0.1) is 0 Å². The van der Waals surface area contributed by atoms with Gasteiger partial charge in [-0.2, -0.15) is 0 Å². The van der Waals surface area contributed by atoms with Crippen molar-refractivity contribution in [1.82, 2.24) is 4.90 Å². The van der Waals surface area contributed by atoms with E-state index < -0.39 is 0 Å². The Balaban J connectivity index is 1.59. The minimum Gasteiger partial charge on any atom is -0.508 e. The number of hydrogen-bond acceptors (Lipinski definition) is 4. The van der Waals surface area contributed by atoms with Crippen molar-refractivity contribution < 1.29 is 9.90 Å². The summed E-state index contributed by atoms with van der Waals surface area (Å²) in [6.45, 7) is 6.38. The van der Waals surface area contributed by atoms with Crippen LogP contribution < -0.4 is 14.7 Å². The number of rotatable bonds is 5. The molecule has 6 nitrogen and oxygen atoms in total. The molecular formula is C21H28N4O2. The third kappa shape index (κ3) is 4.27. The van der Waals surface area contributed by atoms with Gasteiger partial charge in [0.15, 0.2) is 0 Å². The number of carbonyl (C=O) groups excluding carboxylic acids is 1. The summed E-state index contributed by atoms with van der Waals surface area (Å²) in [5.74, 6) is 0.552. The fraction of sp³-hybridized carbons (Fsp3) is 0.381. The summed E-state index contributed by atoms with van der Waals surface area (Å²) < 4.78 is 6.93. The molecule has 0 aliphatic carbocycles. The summed E-state index contributed by atoms with van der Waals surface area (Å²) in [7, 11) is 3.61. The number of hydrogen-bond donors (Lipinski definition) is 1. The van der Waals surface area contributed by atoms with E-state index in [9.17, 15) is 4.79 Å². The van der Waals surface area contributed by atoms with E-state index in [1.807, 2.05) is 43.3 Å². The van der Waals surface area contributed by atoms with E-state index in [1.54, 1.807) is 23.9 Å². The predicted molar refractivity (Wildman–Crippen MR) is 111 cm³/mol. The molecule has 2 aromatic carbocycles. The van der Waals surface area contributed by atoms with Gasteiger partial charge in [0.25, 0.3) is 1.43 Å². The zero-order valence-electron chi connectivity index (χ0n) is 17.3. The first-order chi connectivity index (χ1) is 13.5. The first-order valence-electron chi connectivity index (χ1n) is 9.76. The van der Waals surface area contributed by atoms with Gasteiger partial charge in [-0.25, -0.2) is 4.79 Å². The third-order valence-electron chi connectivity index (χ3n) is 5.17. The molecule has 144 valence electrons. The first kappa shape index (κ1) is 17.5. The SMILES string of the molecule is [2H]Oc1ccc(N2CCN(c3ccc(N(C)C(=O)N(C)CC)cc3)CC2)cc1. The van der Waals surface area contributed by atoms with Gasteiger partial charge in [-0.05, 0) is 55.5 Å². The summed E-state index contributed by atoms with van der Waals surface area (Å²) >= 11 is 0. The van der Waals surface area contributed by atoms with Crippen molar-refractivity contribution in [2.24, 2.45) is 0 Å². The van der Waals surface area contributed by atoms with E-state index >= 15 is 0 Å². The Morgan fingerprint density at radius 2 is 1.44 bits per heavy atom. The molecule has 1 aliphatic heterocycles. The maximum Gasteiger partial charge on any atom is 0.323 e. The Hall–Kier alpha value is -2.89. The van der Waals surface area contributed by atoms with E-state index in [4.69, 9.17) is 1.43 Å². The van der Waals surface area contributed by atoms with Crippen LogP contribution in [0.4, 0.5) is 21.9 Å². The van der Waals surface area contributed by atoms with Crippen LogP contribution in [-0.4, -0.2) is 64.3 Å². The number of urea groups is 1. The topological polar surface area (TPSA) is 50.3 Å². The van der Waals surface area contributed by atoms with Crippen molar-refractivity contribution >= 4 is 23.1 Å². The number of aromatic hydroxyl groups is 1. The van der Waals surface area contributed by atoms with Crippen LogP contribution in [0.15, 0.2) is 48.5 Å². The average molecular weight is 369 g/mol. The number of amides is 2. The molecule has 1 heterocycles. The van der Waals surface area contributed by atoms with E-state index in [1.165, 1.54) is 5.69 Å². The van der Waals surface area contributed by atoms with Gasteiger partial charge in [0.05, 0.1) is 0 Å². The third-order valence-corrected chi connectivity index (χ3v) is 5.17. The number of phenolic OH excluding ortho intramolecular Hbond substituents is 1. The fourth-order valence-corrected chi connectivity index (χ4v) is 3.27. The molecule has 27 heavy (non-hydrogen) atoms. The number of anilines is 3. The van der Waals surface area contributed by atoms with Crippen LogP contribution >= 0.6 is 0 Å². The highest BCUT2D eigenvalue weighted by atomic mass is 16.3. The van der Waals surface area contributed by atoms with E-state index in [0.717, 1.165) is 37.6 Å². The smallest absolute Gasteiger partial charge is 0.323 e. The highest BCUT2D eigenvalue weighted by Crippen LogP contribution is 2.24. The lowest BCUT2D eigenvalue weighted by molar-refractivity contribution is 0.219. The number of benzene rings is 2. The zero-order chi connectivity index (χ0) is 20.1. The maximum absolute atomic E-state index is 12.3. The van der Waals surface area contributed by atoms with Crippen molar-refractivity contribution in [1.29, 1.82) is 1.43 Å². The molecule has 2 amide bonds. The Labute approximate surface area is 162 Å². The summed E-state index contributed by atoms with van der Waals surface area (Å²) in [5.41, 5.74) is 3.21. The second-order valence-electron chi connectivity index (χ2n) is 6.84. The van der Waals surface area contributed by atoms with Crippen LogP contribution in [0.5, 0.6) is 5.75 Å². The first-order valence-corrected chi connectivity index (χ1v) is 9.35. The number of phenols is 1. The van der Waals surface area contributed by atoms with Crippen molar-refractivity contribution in [3.63, 3.8) is 0 Å². The van der Waals surface area contributed by atoms with E-state index in [2.05, 4.69) is 27.0 Å². The molecule has 1 aliphatic rings. The van der Waals surface area contributed by atoms with Crippen LogP contribution in [0.25, 0.3) is 0 Å². The molecule has 0 atom stereocenters. The van der Waals surface area contributed by atoms with Gasteiger partial charge in [0, 0.05) is 63.9 Å². The molecule has 2 aromatic rings. The van der Waals surface area contributed by atoms with Gasteiger partial charge in [-0.15, -0.1) is 0 Å². The molecule has 0 radical (unpaired) electrons. The fourth-order valence-electron chi connectivity index (χ4n) is 3.27. The molecule has 0 unspecified atom stereocenters. The van der Waals surface area contributed by atoms with Gasteiger partial charge < -0.3 is 19.8 Å². The lowest BCUT2D eigenvalue weighted by Gasteiger charge is -2.37. The van der Waals surface area contributed by atoms with Crippen LogP contribution in [-0.2, 0) is 0 Å². The summed E-state index contributed by atoms with van der Waals surface area (Å²) in [5, 5.41) is 4.49. The van der Waals surface area contributed by atoms with Crippen molar-refractivity contribution in [3.8, 4) is 5.75 Å². The predicted octanol–water partition coefficient (Wildman–Crippen LogP) is 3.23. The zero-order valence-corrected chi connectivity index (χ0v) is 16.3. The van der Waals surface area contributed by atoms with Crippen LogP contribution in [0.2, 0.25) is 0 Å². The maximum atomic E-state index is 12.3. The molecule has 0 aromatic heterocycles. The quantitative estimate of drug-likeness (QED) is 0.879. The van der Waals surface area contributed by atoms with Gasteiger partial charge in [-0.3, -0.25) is 4.90 Å². The number of carbonyl (C=O) groups is 1. The number of nitrogens with zero attached hydrogens (tertiary/aromatic N) is 4. The monoisotopic (exact) mass is 369 g/mol. The van der Waals surface area contributed by atoms with Crippen molar-refractivity contribution in [2.45, 2.75) is 6.92 Å². The van der Waals surface area contributed by atoms with Crippen LogP contribution in [0.1, 0.15) is 6.92 Å². The lowest BCUT2D eigenvalue weighted by atomic mass is 10.2. The number of piperazine rings is 1. The van der Waals surface area contributed by atoms with Crippen LogP contribution in [0.3, 0.4) is 0 Å². The molecular weight excluding hydrogens is 340 g/mol. The van der Waals surface area contributed by atoms with E-state index in [-0.39, 0.29) is 6.03 Å². The van der Waals surface area contributed by atoms with Gasteiger partial charge >= 0.3 is 6.03 Å². The lowest BCUT2D eigenvalue weighted by Crippen LogP contribution is -2.46. The standard InChI is InChI=1S/C21H28N4O2/c1-4-22(2)21(27)23(3)17-5-7-18(8-6-17)24-13-15-25(16-14-24)19-9-11-20(26)12-10-19/h5-12,26H,4,13-16H2,1-3H3/i/hD. The summed E-state index contributed by atoms with van der Waals surface area (Å²) in [6.07, 6.45) is 0. The average Bonchev–Trinajstić information content (AvgIpc) is 2.78. The normalized spacial score (nSPS) is 14.6. The minimum atomic E-state index is -0.00861. The van der Waals surface area contributed by atoms with Gasteiger partial charge in [-0.1, -0.05) is 0 Å². The molecule has 0 bridgehead atoms. The molecule has 3 rings (SSSR count). The largest absolute Gasteiger partial charge is 0.508 e. The van der Waals surface area contributed by atoms with Gasteiger partial charge in [0.2, 0.25) is 0 Å². The Morgan fingerprint density at radius 3 is 1.89 bits per heavy atom. The minimum absolute atomic E-state index is 0.00861. The Morgan fingerprint density at radius 1 is 0.963 bits per heavy atom. The molecule has 0 spiro atoms. The highest BCUT2D eigenvalue weighted by molar-refractivity contribution is 5.91. The molecule has 1 N–H and O–H groups in total. The summed E-state index contributed by atoms with van der Waals surface area (Å²) in [6, 6.07) is 15.8. The molecule has 6 heteroatoms. The molecule has 0 saturated carbocycles. The Bertz CT molecular complexity index is 774. The van der Waals surface area contributed by atoms with Crippen molar-refractivity contribution in [3.05, 3.63) is 48.5 Å². The molecule has 1 saturated heterocycles. The highest BCUT2D eigenvalue weighted by Gasteiger charge is 2.19. The molecule has 1 fully saturated rings. The van der Waals surface area contributed by atoms with E-state index in [0.29, 0.717) is 12.3 Å².